The van der Waals surface area contributed by atoms with Crippen LogP contribution in [-0.2, 0) is 9.53 Å². The van der Waals surface area contributed by atoms with E-state index in [9.17, 15) is 14.4 Å². The lowest BCUT2D eigenvalue weighted by Crippen LogP contribution is -2.35. The molecule has 1 aromatic rings. The van der Waals surface area contributed by atoms with Gasteiger partial charge in [-0.1, -0.05) is 12.1 Å². The number of hydrogen-bond acceptors (Lipinski definition) is 7. The van der Waals surface area contributed by atoms with Crippen LogP contribution in [0.5, 0.6) is 5.75 Å². The molecular weight excluding hydrogens is 350 g/mol. The molecule has 0 atom stereocenters. The van der Waals surface area contributed by atoms with Crippen LogP contribution in [0.2, 0.25) is 0 Å². The molecule has 0 aromatic heterocycles. The van der Waals surface area contributed by atoms with Crippen LogP contribution in [0, 0.1) is 0 Å². The molecule has 3 N–H and O–H groups in total. The van der Waals surface area contributed by atoms with E-state index in [4.69, 9.17) is 9.47 Å². The second kappa shape index (κ2) is 13.0. The zero-order valence-electron chi connectivity index (χ0n) is 16.2. The molecule has 0 spiro atoms. The van der Waals surface area contributed by atoms with Crippen molar-refractivity contribution in [3.8, 4) is 5.75 Å². The first kappa shape index (κ1) is 22.8. The summed E-state index contributed by atoms with van der Waals surface area (Å²) in [6.45, 7) is 6.38. The number of ether oxygens (including phenoxy) is 2. The van der Waals surface area contributed by atoms with E-state index < -0.39 is 0 Å². The number of ketones is 2. The van der Waals surface area contributed by atoms with Gasteiger partial charge in [-0.2, -0.15) is 0 Å². The third-order valence-corrected chi connectivity index (χ3v) is 3.66. The Kier molecular flexibility index (Phi) is 10.9. The highest BCUT2D eigenvalue weighted by atomic mass is 16.5. The first-order chi connectivity index (χ1) is 13.0. The number of hydrogen-bond donors (Lipinski definition) is 3. The molecule has 8 heteroatoms. The van der Waals surface area contributed by atoms with Crippen LogP contribution in [0.4, 0.5) is 0 Å². The molecule has 0 radical (unpaired) electrons. The number of Topliss-reactive ketones (excluding diaryl/α,β-unsaturated/α-hetero) is 2. The Hall–Kier alpha value is -2.29. The highest BCUT2D eigenvalue weighted by molar-refractivity contribution is 6.09. The Bertz CT molecular complexity index is 634. The summed E-state index contributed by atoms with van der Waals surface area (Å²) in [6, 6.07) is 4.77. The van der Waals surface area contributed by atoms with E-state index in [0.29, 0.717) is 38.4 Å². The Morgan fingerprint density at radius 3 is 2.37 bits per heavy atom. The lowest BCUT2D eigenvalue weighted by molar-refractivity contribution is -0.123. The lowest BCUT2D eigenvalue weighted by Gasteiger charge is -2.12. The van der Waals surface area contributed by atoms with Gasteiger partial charge in [0.1, 0.15) is 5.75 Å². The maximum atomic E-state index is 11.9. The van der Waals surface area contributed by atoms with E-state index in [1.807, 2.05) is 7.05 Å². The molecule has 8 nitrogen and oxygen atoms in total. The van der Waals surface area contributed by atoms with E-state index in [-0.39, 0.29) is 35.4 Å². The number of likely N-dealkylation sites (N-methyl/N-ethyl adjacent to an activating group) is 1. The zero-order chi connectivity index (χ0) is 20.1. The molecule has 0 saturated heterocycles. The molecule has 0 bridgehead atoms. The average Bonchev–Trinajstić information content (AvgIpc) is 2.64. The van der Waals surface area contributed by atoms with Gasteiger partial charge < -0.3 is 25.4 Å². The second-order valence-electron chi connectivity index (χ2n) is 5.90. The van der Waals surface area contributed by atoms with Gasteiger partial charge in [0.15, 0.2) is 18.2 Å². The molecule has 0 saturated carbocycles. The fourth-order valence-corrected chi connectivity index (χ4v) is 2.34. The van der Waals surface area contributed by atoms with Crippen LogP contribution < -0.4 is 20.7 Å². The van der Waals surface area contributed by atoms with Crippen molar-refractivity contribution in [1.82, 2.24) is 16.0 Å². The van der Waals surface area contributed by atoms with Gasteiger partial charge in [-0.3, -0.25) is 14.4 Å². The highest BCUT2D eigenvalue weighted by Gasteiger charge is 2.17. The number of amides is 1. The van der Waals surface area contributed by atoms with Crippen LogP contribution in [-0.4, -0.2) is 70.5 Å². The van der Waals surface area contributed by atoms with Crippen molar-refractivity contribution in [3.63, 3.8) is 0 Å². The minimum Gasteiger partial charge on any atom is -0.483 e. The topological polar surface area (TPSA) is 106 Å². The first-order valence-electron chi connectivity index (χ1n) is 8.94. The summed E-state index contributed by atoms with van der Waals surface area (Å²) in [4.78, 5) is 35.4. The fourth-order valence-electron chi connectivity index (χ4n) is 2.34. The first-order valence-corrected chi connectivity index (χ1v) is 8.94. The minimum absolute atomic E-state index is 0.206. The lowest BCUT2D eigenvalue weighted by atomic mass is 10.0. The molecule has 1 rings (SSSR count). The standard InChI is InChI=1S/C19H29N3O5/c1-14(23)16-5-4-6-17(19(16)15(2)24)27-13-18(25)22-8-7-21-10-12-26-11-9-20-3/h4-6,20-21H,7-13H2,1-3H3,(H,22,25). The third kappa shape index (κ3) is 8.76. The predicted octanol–water partition coefficient (Wildman–Crippen LogP) is 0.412. The van der Waals surface area contributed by atoms with Gasteiger partial charge in [0.2, 0.25) is 0 Å². The van der Waals surface area contributed by atoms with Gasteiger partial charge in [0.25, 0.3) is 5.91 Å². The fraction of sp³-hybridized carbons (Fsp3) is 0.526. The summed E-state index contributed by atoms with van der Waals surface area (Å²) < 4.78 is 10.8. The van der Waals surface area contributed by atoms with Crippen molar-refractivity contribution in [1.29, 1.82) is 0 Å². The van der Waals surface area contributed by atoms with E-state index in [1.54, 1.807) is 18.2 Å². The summed E-state index contributed by atoms with van der Waals surface area (Å²) >= 11 is 0. The molecule has 27 heavy (non-hydrogen) atoms. The van der Waals surface area contributed by atoms with Crippen molar-refractivity contribution < 1.29 is 23.9 Å². The van der Waals surface area contributed by atoms with Crippen molar-refractivity contribution in [2.45, 2.75) is 13.8 Å². The second-order valence-corrected chi connectivity index (χ2v) is 5.90. The third-order valence-electron chi connectivity index (χ3n) is 3.66. The van der Waals surface area contributed by atoms with Gasteiger partial charge in [-0.05, 0) is 27.0 Å². The average molecular weight is 379 g/mol. The molecular formula is C19H29N3O5. The molecule has 0 aliphatic carbocycles. The van der Waals surface area contributed by atoms with Gasteiger partial charge in [0, 0.05) is 31.7 Å². The van der Waals surface area contributed by atoms with Crippen LogP contribution in [0.15, 0.2) is 18.2 Å². The van der Waals surface area contributed by atoms with Gasteiger partial charge >= 0.3 is 0 Å². The normalized spacial score (nSPS) is 10.5. The summed E-state index contributed by atoms with van der Waals surface area (Å²) in [5.41, 5.74) is 0.499. The smallest absolute Gasteiger partial charge is 0.257 e. The summed E-state index contributed by atoms with van der Waals surface area (Å²) in [5, 5.41) is 8.87. The molecule has 150 valence electrons. The molecule has 0 aliphatic heterocycles. The van der Waals surface area contributed by atoms with Crippen LogP contribution >= 0.6 is 0 Å². The number of carbonyl (C=O) groups excluding carboxylic acids is 3. The van der Waals surface area contributed by atoms with Gasteiger partial charge in [-0.15, -0.1) is 0 Å². The maximum Gasteiger partial charge on any atom is 0.257 e. The molecule has 0 aliphatic rings. The Balaban J connectivity index is 2.32. The summed E-state index contributed by atoms with van der Waals surface area (Å²) in [7, 11) is 1.87. The Morgan fingerprint density at radius 2 is 1.70 bits per heavy atom. The van der Waals surface area contributed by atoms with Crippen molar-refractivity contribution in [3.05, 3.63) is 29.3 Å². The number of benzene rings is 1. The minimum atomic E-state index is -0.301. The zero-order valence-corrected chi connectivity index (χ0v) is 16.2. The molecule has 1 aromatic carbocycles. The number of nitrogens with one attached hydrogen (secondary N) is 3. The largest absolute Gasteiger partial charge is 0.483 e. The van der Waals surface area contributed by atoms with Crippen molar-refractivity contribution in [2.24, 2.45) is 0 Å². The van der Waals surface area contributed by atoms with Gasteiger partial charge in [-0.25, -0.2) is 0 Å². The molecule has 0 unspecified atom stereocenters. The van der Waals surface area contributed by atoms with Gasteiger partial charge in [0.05, 0.1) is 18.8 Å². The van der Waals surface area contributed by atoms with Crippen molar-refractivity contribution >= 4 is 17.5 Å². The van der Waals surface area contributed by atoms with E-state index in [0.717, 1.165) is 6.54 Å². The van der Waals surface area contributed by atoms with E-state index in [2.05, 4.69) is 16.0 Å². The SMILES string of the molecule is CNCCOCCNCCNC(=O)COc1cccc(C(C)=O)c1C(C)=O. The summed E-state index contributed by atoms with van der Waals surface area (Å²) in [5.74, 6) is -0.569. The quantitative estimate of drug-likeness (QED) is 0.318. The van der Waals surface area contributed by atoms with Crippen molar-refractivity contribution in [2.75, 3.05) is 53.0 Å². The molecule has 0 heterocycles. The van der Waals surface area contributed by atoms with E-state index in [1.165, 1.54) is 13.8 Å². The Morgan fingerprint density at radius 1 is 0.963 bits per heavy atom. The number of carbonyl (C=O) groups is 3. The van der Waals surface area contributed by atoms with E-state index >= 15 is 0 Å². The van der Waals surface area contributed by atoms with Crippen LogP contribution in [0.25, 0.3) is 0 Å². The van der Waals surface area contributed by atoms with Crippen LogP contribution in [0.1, 0.15) is 34.6 Å². The molecule has 0 fully saturated rings. The summed E-state index contributed by atoms with van der Waals surface area (Å²) in [6.07, 6.45) is 0. The predicted molar refractivity (Wildman–Crippen MR) is 103 cm³/mol. The maximum absolute atomic E-state index is 11.9. The van der Waals surface area contributed by atoms with Crippen LogP contribution in [0.3, 0.4) is 0 Å². The number of rotatable bonds is 14. The highest BCUT2D eigenvalue weighted by Crippen LogP contribution is 2.23. The monoisotopic (exact) mass is 379 g/mol. The Labute approximate surface area is 160 Å². The molecule has 1 amide bonds.